The van der Waals surface area contributed by atoms with E-state index in [9.17, 15) is 13.5 Å². The smallest absolute Gasteiger partial charge is 0.240 e. The number of sulfonamides is 1. The molecule has 1 heterocycles. The summed E-state index contributed by atoms with van der Waals surface area (Å²) in [5.74, 6) is 0.254. The fourth-order valence-electron chi connectivity index (χ4n) is 2.54. The second-order valence-electron chi connectivity index (χ2n) is 5.07. The second kappa shape index (κ2) is 5.99. The third kappa shape index (κ3) is 3.05. The Labute approximate surface area is 119 Å². The molecule has 1 unspecified atom stereocenters. The van der Waals surface area contributed by atoms with E-state index in [1.165, 1.54) is 13.1 Å². The minimum absolute atomic E-state index is 0.164. The van der Waals surface area contributed by atoms with Crippen molar-refractivity contribution < 1.29 is 13.5 Å². The van der Waals surface area contributed by atoms with Crippen LogP contribution in [0.4, 0.5) is 11.4 Å². The largest absolute Gasteiger partial charge is 0.397 e. The van der Waals surface area contributed by atoms with Gasteiger partial charge in [0.25, 0.3) is 0 Å². The van der Waals surface area contributed by atoms with Crippen LogP contribution >= 0.6 is 0 Å². The standard InChI is InChI=1S/C13H21N3O3S/c1-15-20(18,19)11-4-5-13(12(14)7-11)16-6-2-3-10(8-16)9-17/h4-5,7,10,15,17H,2-3,6,8-9,14H2,1H3. The van der Waals surface area contributed by atoms with E-state index in [-0.39, 0.29) is 17.4 Å². The molecule has 1 saturated heterocycles. The van der Waals surface area contributed by atoms with Gasteiger partial charge in [-0.1, -0.05) is 0 Å². The van der Waals surface area contributed by atoms with Gasteiger partial charge in [0.15, 0.2) is 0 Å². The monoisotopic (exact) mass is 299 g/mol. The lowest BCUT2D eigenvalue weighted by atomic mass is 9.98. The van der Waals surface area contributed by atoms with Crippen molar-refractivity contribution in [1.82, 2.24) is 4.72 Å². The van der Waals surface area contributed by atoms with Crippen LogP contribution in [-0.4, -0.2) is 40.3 Å². The normalized spacial score (nSPS) is 20.1. The Morgan fingerprint density at radius 2 is 2.25 bits per heavy atom. The Morgan fingerprint density at radius 3 is 2.85 bits per heavy atom. The molecule has 4 N–H and O–H groups in total. The summed E-state index contributed by atoms with van der Waals surface area (Å²) in [7, 11) is -2.10. The molecule has 1 aliphatic heterocycles. The number of anilines is 2. The van der Waals surface area contributed by atoms with Crippen molar-refractivity contribution in [1.29, 1.82) is 0 Å². The van der Waals surface area contributed by atoms with E-state index in [4.69, 9.17) is 5.73 Å². The maximum absolute atomic E-state index is 11.7. The molecule has 2 rings (SSSR count). The molecule has 0 spiro atoms. The predicted molar refractivity (Wildman–Crippen MR) is 79.1 cm³/mol. The maximum Gasteiger partial charge on any atom is 0.240 e. The molecule has 112 valence electrons. The van der Waals surface area contributed by atoms with Gasteiger partial charge in [-0.05, 0) is 44.0 Å². The molecule has 0 bridgehead atoms. The Bertz CT molecular complexity index is 574. The molecule has 0 aromatic heterocycles. The van der Waals surface area contributed by atoms with Crippen LogP contribution in [-0.2, 0) is 10.0 Å². The summed E-state index contributed by atoms with van der Waals surface area (Å²) in [5, 5.41) is 9.26. The van der Waals surface area contributed by atoms with Crippen molar-refractivity contribution in [3.63, 3.8) is 0 Å². The summed E-state index contributed by atoms with van der Waals surface area (Å²) in [6.07, 6.45) is 2.01. The van der Waals surface area contributed by atoms with Crippen LogP contribution in [0.15, 0.2) is 23.1 Å². The Morgan fingerprint density at radius 1 is 1.50 bits per heavy atom. The van der Waals surface area contributed by atoms with Crippen LogP contribution in [0.3, 0.4) is 0 Å². The third-order valence-electron chi connectivity index (χ3n) is 3.70. The Hall–Kier alpha value is -1.31. The first-order valence-corrected chi connectivity index (χ1v) is 8.15. The lowest BCUT2D eigenvalue weighted by molar-refractivity contribution is 0.209. The SMILES string of the molecule is CNS(=O)(=O)c1ccc(N2CCCC(CO)C2)c(N)c1. The molecule has 20 heavy (non-hydrogen) atoms. The van der Waals surface area contributed by atoms with E-state index < -0.39 is 10.0 Å². The zero-order valence-corrected chi connectivity index (χ0v) is 12.4. The zero-order chi connectivity index (χ0) is 14.8. The fraction of sp³-hybridized carbons (Fsp3) is 0.538. The van der Waals surface area contributed by atoms with Crippen molar-refractivity contribution in [3.8, 4) is 0 Å². The first kappa shape index (κ1) is 15.1. The van der Waals surface area contributed by atoms with Crippen LogP contribution in [0, 0.1) is 5.92 Å². The quantitative estimate of drug-likeness (QED) is 0.699. The van der Waals surface area contributed by atoms with E-state index in [1.54, 1.807) is 12.1 Å². The highest BCUT2D eigenvalue weighted by Crippen LogP contribution is 2.29. The molecule has 7 heteroatoms. The van der Waals surface area contributed by atoms with E-state index in [0.717, 1.165) is 31.6 Å². The second-order valence-corrected chi connectivity index (χ2v) is 6.95. The number of nitrogen functional groups attached to an aromatic ring is 1. The minimum atomic E-state index is -3.47. The molecule has 1 aromatic rings. The van der Waals surface area contributed by atoms with Gasteiger partial charge in [0.05, 0.1) is 16.3 Å². The number of nitrogens with zero attached hydrogens (tertiary/aromatic N) is 1. The van der Waals surface area contributed by atoms with E-state index >= 15 is 0 Å². The van der Waals surface area contributed by atoms with Gasteiger partial charge in [0, 0.05) is 19.7 Å². The molecule has 1 aromatic carbocycles. The van der Waals surface area contributed by atoms with Crippen LogP contribution in [0.5, 0.6) is 0 Å². The summed E-state index contributed by atoms with van der Waals surface area (Å²) in [6.45, 7) is 1.79. The predicted octanol–water partition coefficient (Wildman–Crippen LogP) is 0.386. The van der Waals surface area contributed by atoms with Gasteiger partial charge in [-0.3, -0.25) is 0 Å². The number of nitrogens with two attached hydrogens (primary N) is 1. The van der Waals surface area contributed by atoms with Crippen LogP contribution in [0.2, 0.25) is 0 Å². The molecule has 0 radical (unpaired) electrons. The molecule has 1 aliphatic rings. The number of hydrogen-bond acceptors (Lipinski definition) is 5. The van der Waals surface area contributed by atoms with E-state index in [1.807, 2.05) is 0 Å². The topological polar surface area (TPSA) is 95.7 Å². The van der Waals surface area contributed by atoms with Crippen molar-refractivity contribution in [2.45, 2.75) is 17.7 Å². The van der Waals surface area contributed by atoms with Gasteiger partial charge < -0.3 is 15.7 Å². The Kier molecular flexibility index (Phi) is 4.52. The highest BCUT2D eigenvalue weighted by molar-refractivity contribution is 7.89. The van der Waals surface area contributed by atoms with Crippen molar-refractivity contribution in [3.05, 3.63) is 18.2 Å². The lowest BCUT2D eigenvalue weighted by Crippen LogP contribution is -2.37. The summed E-state index contributed by atoms with van der Waals surface area (Å²) in [6, 6.07) is 4.77. The van der Waals surface area contributed by atoms with Gasteiger partial charge in [0.1, 0.15) is 0 Å². The van der Waals surface area contributed by atoms with Gasteiger partial charge in [-0.15, -0.1) is 0 Å². The molecule has 0 amide bonds. The van der Waals surface area contributed by atoms with E-state index in [2.05, 4.69) is 9.62 Å². The number of aliphatic hydroxyl groups is 1. The number of piperidine rings is 1. The average molecular weight is 299 g/mol. The van der Waals surface area contributed by atoms with Gasteiger partial charge in [-0.25, -0.2) is 13.1 Å². The van der Waals surface area contributed by atoms with Crippen LogP contribution < -0.4 is 15.4 Å². The summed E-state index contributed by atoms with van der Waals surface area (Å²) < 4.78 is 25.7. The fourth-order valence-corrected chi connectivity index (χ4v) is 3.30. The summed E-state index contributed by atoms with van der Waals surface area (Å²) in [4.78, 5) is 2.27. The van der Waals surface area contributed by atoms with Crippen molar-refractivity contribution in [2.75, 3.05) is 37.4 Å². The first-order chi connectivity index (χ1) is 9.47. The van der Waals surface area contributed by atoms with Crippen molar-refractivity contribution >= 4 is 21.4 Å². The number of rotatable bonds is 4. The number of aliphatic hydroxyl groups excluding tert-OH is 1. The van der Waals surface area contributed by atoms with Gasteiger partial charge >= 0.3 is 0 Å². The third-order valence-corrected chi connectivity index (χ3v) is 5.11. The van der Waals surface area contributed by atoms with E-state index in [0.29, 0.717) is 5.69 Å². The highest BCUT2D eigenvalue weighted by atomic mass is 32.2. The lowest BCUT2D eigenvalue weighted by Gasteiger charge is -2.34. The van der Waals surface area contributed by atoms with Crippen molar-refractivity contribution in [2.24, 2.45) is 5.92 Å². The number of benzene rings is 1. The minimum Gasteiger partial charge on any atom is -0.397 e. The maximum atomic E-state index is 11.7. The molecule has 1 atom stereocenters. The first-order valence-electron chi connectivity index (χ1n) is 6.67. The molecule has 1 fully saturated rings. The number of hydrogen-bond donors (Lipinski definition) is 3. The summed E-state index contributed by atoms with van der Waals surface area (Å²) >= 11 is 0. The molecular formula is C13H21N3O3S. The number of nitrogens with one attached hydrogen (secondary N) is 1. The molecule has 0 aliphatic carbocycles. The van der Waals surface area contributed by atoms with Gasteiger partial charge in [-0.2, -0.15) is 0 Å². The van der Waals surface area contributed by atoms with Gasteiger partial charge in [0.2, 0.25) is 10.0 Å². The average Bonchev–Trinajstić information content (AvgIpc) is 2.47. The summed E-state index contributed by atoms with van der Waals surface area (Å²) in [5.41, 5.74) is 7.27. The molecule has 0 saturated carbocycles. The zero-order valence-electron chi connectivity index (χ0n) is 11.5. The Balaban J connectivity index is 2.26. The van der Waals surface area contributed by atoms with Crippen LogP contribution in [0.1, 0.15) is 12.8 Å². The highest BCUT2D eigenvalue weighted by Gasteiger charge is 2.22. The molecular weight excluding hydrogens is 278 g/mol. The molecule has 6 nitrogen and oxygen atoms in total. The van der Waals surface area contributed by atoms with Crippen LogP contribution in [0.25, 0.3) is 0 Å².